The first kappa shape index (κ1) is 15.0. The van der Waals surface area contributed by atoms with Crippen molar-refractivity contribution >= 4 is 11.9 Å². The summed E-state index contributed by atoms with van der Waals surface area (Å²) < 4.78 is 35.8. The molecule has 0 aliphatic heterocycles. The van der Waals surface area contributed by atoms with Crippen LogP contribution in [0.4, 0.5) is 13.2 Å². The van der Waals surface area contributed by atoms with Gasteiger partial charge in [0.15, 0.2) is 0 Å². The van der Waals surface area contributed by atoms with E-state index in [9.17, 15) is 22.8 Å². The van der Waals surface area contributed by atoms with Crippen molar-refractivity contribution in [2.45, 2.75) is 18.5 Å². The van der Waals surface area contributed by atoms with Crippen LogP contribution in [0.2, 0.25) is 0 Å². The lowest BCUT2D eigenvalue weighted by Crippen LogP contribution is -2.34. The minimum Gasteiger partial charge on any atom is -0.481 e. The van der Waals surface area contributed by atoms with E-state index in [4.69, 9.17) is 5.11 Å². The summed E-state index contributed by atoms with van der Waals surface area (Å²) in [7, 11) is 0. The normalized spacial score (nSPS) is 12.8. The van der Waals surface area contributed by atoms with Crippen molar-refractivity contribution in [2.24, 2.45) is 0 Å². The largest absolute Gasteiger partial charge is 0.481 e. The number of rotatable bonds is 5. The molecule has 0 spiro atoms. The average Bonchev–Trinajstić information content (AvgIpc) is 2.27. The maximum absolute atomic E-state index is 11.9. The van der Waals surface area contributed by atoms with Gasteiger partial charge >= 0.3 is 12.1 Å². The average molecular weight is 275 g/mol. The predicted molar refractivity (Wildman–Crippen MR) is 60.5 cm³/mol. The third kappa shape index (κ3) is 5.41. The number of hydrogen-bond acceptors (Lipinski definition) is 2. The van der Waals surface area contributed by atoms with Gasteiger partial charge in [-0.05, 0) is 5.56 Å². The monoisotopic (exact) mass is 275 g/mol. The van der Waals surface area contributed by atoms with Gasteiger partial charge in [-0.15, -0.1) is 0 Å². The predicted octanol–water partition coefficient (Wildman–Crippen LogP) is 1.92. The lowest BCUT2D eigenvalue weighted by Gasteiger charge is -2.14. The van der Waals surface area contributed by atoms with Crippen LogP contribution in [-0.4, -0.2) is 29.7 Å². The SMILES string of the molecule is O=C(CC(F)(F)F)NCC(C(=O)O)c1ccccc1. The summed E-state index contributed by atoms with van der Waals surface area (Å²) in [5.74, 6) is -3.52. The van der Waals surface area contributed by atoms with Crippen LogP contribution in [0.25, 0.3) is 0 Å². The fourth-order valence-corrected chi connectivity index (χ4v) is 1.49. The Bertz CT molecular complexity index is 445. The Balaban J connectivity index is 2.62. The number of halogens is 3. The van der Waals surface area contributed by atoms with Gasteiger partial charge in [0.05, 0.1) is 5.92 Å². The van der Waals surface area contributed by atoms with Gasteiger partial charge in [-0.25, -0.2) is 0 Å². The van der Waals surface area contributed by atoms with Gasteiger partial charge in [-0.1, -0.05) is 30.3 Å². The zero-order chi connectivity index (χ0) is 14.5. The zero-order valence-electron chi connectivity index (χ0n) is 9.78. The lowest BCUT2D eigenvalue weighted by atomic mass is 9.99. The van der Waals surface area contributed by atoms with E-state index in [0.29, 0.717) is 5.56 Å². The van der Waals surface area contributed by atoms with Crippen LogP contribution >= 0.6 is 0 Å². The second kappa shape index (κ2) is 6.21. The minimum absolute atomic E-state index is 0.381. The molecule has 0 heterocycles. The molecule has 19 heavy (non-hydrogen) atoms. The Morgan fingerprint density at radius 3 is 2.26 bits per heavy atom. The van der Waals surface area contributed by atoms with Gasteiger partial charge in [-0.2, -0.15) is 13.2 Å². The second-order valence-corrected chi connectivity index (χ2v) is 3.90. The van der Waals surface area contributed by atoms with E-state index in [-0.39, 0.29) is 6.54 Å². The van der Waals surface area contributed by atoms with Gasteiger partial charge in [0.25, 0.3) is 0 Å². The van der Waals surface area contributed by atoms with E-state index in [1.54, 1.807) is 18.2 Å². The number of nitrogens with one attached hydrogen (secondary N) is 1. The summed E-state index contributed by atoms with van der Waals surface area (Å²) in [5, 5.41) is 11.0. The molecule has 1 rings (SSSR count). The van der Waals surface area contributed by atoms with E-state index in [1.807, 2.05) is 5.32 Å². The molecule has 4 nitrogen and oxygen atoms in total. The summed E-state index contributed by atoms with van der Waals surface area (Å²) in [6.07, 6.45) is -6.22. The number of carbonyl (C=O) groups excluding carboxylic acids is 1. The number of amides is 1. The lowest BCUT2D eigenvalue weighted by molar-refractivity contribution is -0.153. The van der Waals surface area contributed by atoms with Gasteiger partial charge in [0, 0.05) is 6.54 Å². The molecular weight excluding hydrogens is 263 g/mol. The third-order valence-electron chi connectivity index (χ3n) is 2.36. The van der Waals surface area contributed by atoms with E-state index in [2.05, 4.69) is 0 Å². The standard InChI is InChI=1S/C12H12F3NO3/c13-12(14,15)6-10(17)16-7-9(11(18)19)8-4-2-1-3-5-8/h1-5,9H,6-7H2,(H,16,17)(H,18,19). The molecule has 0 bridgehead atoms. The molecule has 0 aromatic heterocycles. The fraction of sp³-hybridized carbons (Fsp3) is 0.333. The first-order valence-corrected chi connectivity index (χ1v) is 5.41. The van der Waals surface area contributed by atoms with Gasteiger partial charge < -0.3 is 10.4 Å². The Morgan fingerprint density at radius 1 is 1.21 bits per heavy atom. The van der Waals surface area contributed by atoms with Crippen molar-refractivity contribution < 1.29 is 27.9 Å². The quantitative estimate of drug-likeness (QED) is 0.862. The summed E-state index contributed by atoms with van der Waals surface area (Å²) in [4.78, 5) is 22.0. The Kier molecular flexibility index (Phi) is 4.91. The molecule has 0 aliphatic rings. The first-order valence-electron chi connectivity index (χ1n) is 5.41. The van der Waals surface area contributed by atoms with Crippen molar-refractivity contribution in [2.75, 3.05) is 6.54 Å². The highest BCUT2D eigenvalue weighted by molar-refractivity contribution is 5.80. The van der Waals surface area contributed by atoms with Gasteiger partial charge in [-0.3, -0.25) is 9.59 Å². The topological polar surface area (TPSA) is 66.4 Å². The molecule has 1 aromatic rings. The molecule has 0 saturated heterocycles. The van der Waals surface area contributed by atoms with Crippen LogP contribution in [0, 0.1) is 0 Å². The number of carboxylic acids is 1. The Labute approximate surface area is 107 Å². The molecule has 1 amide bonds. The van der Waals surface area contributed by atoms with E-state index in [0.717, 1.165) is 0 Å². The number of carbonyl (C=O) groups is 2. The molecule has 0 saturated carbocycles. The van der Waals surface area contributed by atoms with E-state index in [1.165, 1.54) is 12.1 Å². The Morgan fingerprint density at radius 2 is 1.79 bits per heavy atom. The van der Waals surface area contributed by atoms with Gasteiger partial charge in [0.1, 0.15) is 6.42 Å². The van der Waals surface area contributed by atoms with Crippen LogP contribution in [0.15, 0.2) is 30.3 Å². The molecule has 7 heteroatoms. The molecule has 1 aromatic carbocycles. The molecular formula is C12H12F3NO3. The van der Waals surface area contributed by atoms with Crippen LogP contribution in [0.5, 0.6) is 0 Å². The number of aliphatic carboxylic acids is 1. The van der Waals surface area contributed by atoms with Crippen LogP contribution < -0.4 is 5.32 Å². The minimum atomic E-state index is -4.60. The molecule has 0 radical (unpaired) electrons. The number of hydrogen-bond donors (Lipinski definition) is 2. The highest BCUT2D eigenvalue weighted by atomic mass is 19.4. The van der Waals surface area contributed by atoms with Crippen LogP contribution in [0.1, 0.15) is 17.9 Å². The first-order chi connectivity index (χ1) is 8.79. The van der Waals surface area contributed by atoms with Crippen molar-refractivity contribution in [3.05, 3.63) is 35.9 Å². The Hall–Kier alpha value is -2.05. The smallest absolute Gasteiger partial charge is 0.397 e. The third-order valence-corrected chi connectivity index (χ3v) is 2.36. The number of carboxylic acid groups (broad SMARTS) is 1. The molecule has 0 aliphatic carbocycles. The van der Waals surface area contributed by atoms with Crippen LogP contribution in [-0.2, 0) is 9.59 Å². The summed E-state index contributed by atoms with van der Waals surface area (Å²) in [6, 6.07) is 7.99. The number of alkyl halides is 3. The van der Waals surface area contributed by atoms with Crippen LogP contribution in [0.3, 0.4) is 0 Å². The second-order valence-electron chi connectivity index (χ2n) is 3.90. The van der Waals surface area contributed by atoms with Crippen molar-refractivity contribution in [3.63, 3.8) is 0 Å². The van der Waals surface area contributed by atoms with E-state index < -0.39 is 30.4 Å². The molecule has 104 valence electrons. The van der Waals surface area contributed by atoms with Crippen molar-refractivity contribution in [1.29, 1.82) is 0 Å². The van der Waals surface area contributed by atoms with Crippen molar-refractivity contribution in [1.82, 2.24) is 5.32 Å². The summed E-state index contributed by atoms with van der Waals surface area (Å²) in [5.41, 5.74) is 0.419. The molecule has 0 fully saturated rings. The number of benzene rings is 1. The van der Waals surface area contributed by atoms with Gasteiger partial charge in [0.2, 0.25) is 5.91 Å². The fourth-order valence-electron chi connectivity index (χ4n) is 1.49. The zero-order valence-corrected chi connectivity index (χ0v) is 9.78. The van der Waals surface area contributed by atoms with Crippen molar-refractivity contribution in [3.8, 4) is 0 Å². The highest BCUT2D eigenvalue weighted by Crippen LogP contribution is 2.19. The summed E-state index contributed by atoms with van der Waals surface area (Å²) in [6.45, 7) is -0.381. The summed E-state index contributed by atoms with van der Waals surface area (Å²) >= 11 is 0. The maximum Gasteiger partial charge on any atom is 0.397 e. The van der Waals surface area contributed by atoms with E-state index >= 15 is 0 Å². The molecule has 2 N–H and O–H groups in total. The highest BCUT2D eigenvalue weighted by Gasteiger charge is 2.31. The molecule has 1 atom stereocenters. The maximum atomic E-state index is 11.9. The molecule has 1 unspecified atom stereocenters.